The Hall–Kier alpha value is -3.23. The van der Waals surface area contributed by atoms with E-state index in [1.807, 2.05) is 82.2 Å². The van der Waals surface area contributed by atoms with Gasteiger partial charge in [-0.3, -0.25) is 13.9 Å². The molecule has 9 heteroatoms. The summed E-state index contributed by atoms with van der Waals surface area (Å²) in [6.07, 6.45) is 3.79. The summed E-state index contributed by atoms with van der Waals surface area (Å²) in [6.45, 7) is 0.446. The van der Waals surface area contributed by atoms with Gasteiger partial charge in [0, 0.05) is 24.0 Å². The number of hydrogen-bond donors (Lipinski definition) is 1. The highest BCUT2D eigenvalue weighted by molar-refractivity contribution is 7.99. The van der Waals surface area contributed by atoms with E-state index in [1.165, 1.54) is 11.8 Å². The van der Waals surface area contributed by atoms with Crippen molar-refractivity contribution >= 4 is 29.3 Å². The largest absolute Gasteiger partial charge is 0.497 e. The van der Waals surface area contributed by atoms with Crippen molar-refractivity contribution in [1.82, 2.24) is 24.6 Å². The van der Waals surface area contributed by atoms with Gasteiger partial charge in [0.05, 0.1) is 18.6 Å². The molecule has 0 aliphatic rings. The molecule has 158 valence electrons. The third-order valence-corrected chi connectivity index (χ3v) is 5.70. The molecule has 4 aromatic rings. The number of hydrogen-bond acceptors (Lipinski definition) is 5. The SMILES string of the molecule is COc1ccc(CNC(=O)CSc2nnc(-n3cccc3)n2-c2ccc(Cl)cc2)cc1. The fraction of sp³-hybridized carbons (Fsp3) is 0.136. The molecule has 0 aliphatic carbocycles. The van der Waals surface area contributed by atoms with Crippen LogP contribution in [0.1, 0.15) is 5.56 Å². The third kappa shape index (κ3) is 5.10. The van der Waals surface area contributed by atoms with E-state index in [-0.39, 0.29) is 11.7 Å². The number of halogens is 1. The zero-order valence-electron chi connectivity index (χ0n) is 16.7. The van der Waals surface area contributed by atoms with Crippen LogP contribution < -0.4 is 10.1 Å². The first-order chi connectivity index (χ1) is 15.1. The monoisotopic (exact) mass is 453 g/mol. The van der Waals surface area contributed by atoms with E-state index in [4.69, 9.17) is 16.3 Å². The molecule has 1 amide bonds. The second-order valence-corrected chi connectivity index (χ2v) is 7.98. The van der Waals surface area contributed by atoms with Crippen LogP contribution in [0.5, 0.6) is 5.75 Å². The summed E-state index contributed by atoms with van der Waals surface area (Å²) < 4.78 is 8.92. The van der Waals surface area contributed by atoms with Gasteiger partial charge in [0.2, 0.25) is 11.9 Å². The second-order valence-electron chi connectivity index (χ2n) is 6.60. The lowest BCUT2D eigenvalue weighted by molar-refractivity contribution is -0.118. The van der Waals surface area contributed by atoms with Crippen molar-refractivity contribution in [1.29, 1.82) is 0 Å². The summed E-state index contributed by atoms with van der Waals surface area (Å²) in [6, 6.07) is 18.8. The predicted molar refractivity (Wildman–Crippen MR) is 121 cm³/mol. The minimum Gasteiger partial charge on any atom is -0.497 e. The predicted octanol–water partition coefficient (Wildman–Crippen LogP) is 4.13. The Morgan fingerprint density at radius 1 is 1.06 bits per heavy atom. The maximum atomic E-state index is 12.4. The van der Waals surface area contributed by atoms with E-state index in [2.05, 4.69) is 15.5 Å². The van der Waals surface area contributed by atoms with Crippen LogP contribution in [0, 0.1) is 0 Å². The molecule has 2 heterocycles. The van der Waals surface area contributed by atoms with E-state index >= 15 is 0 Å². The smallest absolute Gasteiger partial charge is 0.240 e. The first kappa shape index (κ1) is 21.0. The highest BCUT2D eigenvalue weighted by Crippen LogP contribution is 2.25. The van der Waals surface area contributed by atoms with Crippen molar-refractivity contribution in [3.8, 4) is 17.4 Å². The number of amides is 1. The number of carbonyl (C=O) groups excluding carboxylic acids is 1. The average Bonchev–Trinajstić information content (AvgIpc) is 3.47. The minimum absolute atomic E-state index is 0.0889. The van der Waals surface area contributed by atoms with Crippen molar-refractivity contribution in [2.45, 2.75) is 11.7 Å². The first-order valence-electron chi connectivity index (χ1n) is 9.51. The van der Waals surface area contributed by atoms with E-state index in [0.29, 0.717) is 22.7 Å². The summed E-state index contributed by atoms with van der Waals surface area (Å²) in [5, 5.41) is 12.8. The summed E-state index contributed by atoms with van der Waals surface area (Å²) in [4.78, 5) is 12.4. The quantitative estimate of drug-likeness (QED) is 0.406. The van der Waals surface area contributed by atoms with Crippen LogP contribution >= 0.6 is 23.4 Å². The molecule has 0 spiro atoms. The van der Waals surface area contributed by atoms with Gasteiger partial charge in [0.25, 0.3) is 0 Å². The summed E-state index contributed by atoms with van der Waals surface area (Å²) >= 11 is 7.37. The molecule has 0 saturated carbocycles. The van der Waals surface area contributed by atoms with Gasteiger partial charge in [-0.05, 0) is 54.1 Å². The summed E-state index contributed by atoms with van der Waals surface area (Å²) in [5.74, 6) is 1.54. The molecular weight excluding hydrogens is 434 g/mol. The Morgan fingerprint density at radius 3 is 2.45 bits per heavy atom. The average molecular weight is 454 g/mol. The van der Waals surface area contributed by atoms with Crippen LogP contribution in [0.3, 0.4) is 0 Å². The molecule has 0 unspecified atom stereocenters. The molecule has 1 N–H and O–H groups in total. The van der Waals surface area contributed by atoms with E-state index in [0.717, 1.165) is 17.0 Å². The Labute approximate surface area is 189 Å². The molecule has 2 aromatic carbocycles. The lowest BCUT2D eigenvalue weighted by Crippen LogP contribution is -2.24. The van der Waals surface area contributed by atoms with Gasteiger partial charge in [-0.1, -0.05) is 35.5 Å². The molecule has 4 rings (SSSR count). The van der Waals surface area contributed by atoms with Crippen LogP contribution in [0.2, 0.25) is 5.02 Å². The number of thioether (sulfide) groups is 1. The van der Waals surface area contributed by atoms with E-state index in [9.17, 15) is 4.79 Å². The summed E-state index contributed by atoms with van der Waals surface area (Å²) in [5.41, 5.74) is 1.86. The normalized spacial score (nSPS) is 10.8. The lowest BCUT2D eigenvalue weighted by Gasteiger charge is -2.11. The number of methoxy groups -OCH3 is 1. The number of rotatable bonds is 8. The van der Waals surface area contributed by atoms with Gasteiger partial charge in [-0.2, -0.15) is 0 Å². The minimum atomic E-state index is -0.0889. The molecule has 0 saturated heterocycles. The Kier molecular flexibility index (Phi) is 6.59. The van der Waals surface area contributed by atoms with Gasteiger partial charge >= 0.3 is 0 Å². The van der Waals surface area contributed by atoms with Gasteiger partial charge in [0.1, 0.15) is 5.75 Å². The maximum absolute atomic E-state index is 12.4. The lowest BCUT2D eigenvalue weighted by atomic mass is 10.2. The molecule has 0 aliphatic heterocycles. The number of aromatic nitrogens is 4. The van der Waals surface area contributed by atoms with Gasteiger partial charge in [0.15, 0.2) is 5.16 Å². The van der Waals surface area contributed by atoms with Gasteiger partial charge in [-0.25, -0.2) is 0 Å². The standard InChI is InChI=1S/C22H20ClN5O2S/c1-30-19-10-4-16(5-11-19)14-24-20(29)15-31-22-26-25-21(27-12-2-3-13-27)28(22)18-8-6-17(23)7-9-18/h2-13H,14-15H2,1H3,(H,24,29). The van der Waals surface area contributed by atoms with Crippen molar-refractivity contribution in [3.05, 3.63) is 83.6 Å². The van der Waals surface area contributed by atoms with Crippen LogP contribution in [-0.2, 0) is 11.3 Å². The van der Waals surface area contributed by atoms with Gasteiger partial charge < -0.3 is 10.1 Å². The highest BCUT2D eigenvalue weighted by atomic mass is 35.5. The Balaban J connectivity index is 1.46. The molecule has 0 atom stereocenters. The molecule has 7 nitrogen and oxygen atoms in total. The van der Waals surface area contributed by atoms with Crippen molar-refractivity contribution in [2.75, 3.05) is 12.9 Å². The Morgan fingerprint density at radius 2 is 1.77 bits per heavy atom. The van der Waals surface area contributed by atoms with Crippen LogP contribution in [0.15, 0.2) is 78.2 Å². The van der Waals surface area contributed by atoms with E-state index in [1.54, 1.807) is 7.11 Å². The molecule has 2 aromatic heterocycles. The molecule has 0 radical (unpaired) electrons. The molecular formula is C22H20ClN5O2S. The number of nitrogens with one attached hydrogen (secondary N) is 1. The fourth-order valence-electron chi connectivity index (χ4n) is 2.93. The number of carbonyl (C=O) groups is 1. The number of ether oxygens (including phenoxy) is 1. The highest BCUT2D eigenvalue weighted by Gasteiger charge is 2.17. The van der Waals surface area contributed by atoms with Crippen LogP contribution in [-0.4, -0.2) is 38.1 Å². The number of nitrogens with zero attached hydrogens (tertiary/aromatic N) is 4. The molecule has 0 bridgehead atoms. The zero-order valence-corrected chi connectivity index (χ0v) is 18.3. The molecule has 31 heavy (non-hydrogen) atoms. The van der Waals surface area contributed by atoms with Crippen LogP contribution in [0.4, 0.5) is 0 Å². The summed E-state index contributed by atoms with van der Waals surface area (Å²) in [7, 11) is 1.62. The van der Waals surface area contributed by atoms with Gasteiger partial charge in [-0.15, -0.1) is 10.2 Å². The Bertz CT molecular complexity index is 1140. The van der Waals surface area contributed by atoms with Crippen molar-refractivity contribution in [3.63, 3.8) is 0 Å². The fourth-order valence-corrected chi connectivity index (χ4v) is 3.84. The third-order valence-electron chi connectivity index (χ3n) is 4.52. The zero-order chi connectivity index (χ0) is 21.6. The second kappa shape index (κ2) is 9.72. The number of benzene rings is 2. The van der Waals surface area contributed by atoms with Crippen LogP contribution in [0.25, 0.3) is 11.6 Å². The first-order valence-corrected chi connectivity index (χ1v) is 10.9. The van der Waals surface area contributed by atoms with Crippen molar-refractivity contribution in [2.24, 2.45) is 0 Å². The molecule has 0 fully saturated rings. The maximum Gasteiger partial charge on any atom is 0.240 e. The van der Waals surface area contributed by atoms with E-state index < -0.39 is 0 Å². The topological polar surface area (TPSA) is 74.0 Å². The van der Waals surface area contributed by atoms with Crippen molar-refractivity contribution < 1.29 is 9.53 Å².